The Morgan fingerprint density at radius 1 is 0.818 bits per heavy atom. The van der Waals surface area contributed by atoms with E-state index in [4.69, 9.17) is 0 Å². The molecule has 1 fully saturated rings. The van der Waals surface area contributed by atoms with Gasteiger partial charge in [-0.15, -0.1) is 0 Å². The zero-order valence-corrected chi connectivity index (χ0v) is 19.6. The lowest BCUT2D eigenvalue weighted by atomic mass is 9.89. The highest BCUT2D eigenvalue weighted by atomic mass is 32.1. The van der Waals surface area contributed by atoms with Gasteiger partial charge in [0.25, 0.3) is 0 Å². The fourth-order valence-electron chi connectivity index (χ4n) is 4.98. The van der Waals surface area contributed by atoms with E-state index in [0.717, 1.165) is 30.0 Å². The van der Waals surface area contributed by atoms with Gasteiger partial charge in [0.05, 0.1) is 10.8 Å². The van der Waals surface area contributed by atoms with Gasteiger partial charge in [-0.2, -0.15) is 4.99 Å². The summed E-state index contributed by atoms with van der Waals surface area (Å²) in [5, 5.41) is 2.42. The summed E-state index contributed by atoms with van der Waals surface area (Å²) in [6, 6.07) is 23.7. The number of aliphatic imine (C=N–C) groups is 1. The Morgan fingerprint density at radius 2 is 1.58 bits per heavy atom. The second kappa shape index (κ2) is 10.1. The van der Waals surface area contributed by atoms with Crippen molar-refractivity contribution in [1.29, 1.82) is 0 Å². The number of benzene rings is 3. The summed E-state index contributed by atoms with van der Waals surface area (Å²) >= 11 is 4.68. The number of rotatable bonds is 4. The van der Waals surface area contributed by atoms with Crippen LogP contribution in [0.15, 0.2) is 77.3 Å². The van der Waals surface area contributed by atoms with Crippen molar-refractivity contribution in [2.75, 3.05) is 0 Å². The zero-order chi connectivity index (χ0) is 22.5. The van der Waals surface area contributed by atoms with Crippen LogP contribution in [0.4, 0.5) is 5.69 Å². The first kappa shape index (κ1) is 21.6. The third-order valence-electron chi connectivity index (χ3n) is 6.83. The van der Waals surface area contributed by atoms with Gasteiger partial charge in [-0.05, 0) is 95.6 Å². The molecule has 1 nitrogen and oxygen atoms in total. The van der Waals surface area contributed by atoms with Gasteiger partial charge in [0.2, 0.25) is 0 Å². The fraction of sp³-hybridized carbons (Fsp3) is 0.258. The van der Waals surface area contributed by atoms with Crippen LogP contribution < -0.4 is 0 Å². The lowest BCUT2D eigenvalue weighted by molar-refractivity contribution is 0.546. The maximum absolute atomic E-state index is 4.68. The number of thiocarbonyl (C=S) groups is 1. The van der Waals surface area contributed by atoms with Gasteiger partial charge in [0.15, 0.2) is 0 Å². The number of allylic oxidation sites excluding steroid dienone is 1. The summed E-state index contributed by atoms with van der Waals surface area (Å²) in [7, 11) is 0. The molecule has 2 heteroatoms. The van der Waals surface area contributed by atoms with E-state index >= 15 is 0 Å². The normalized spacial score (nSPS) is 15.1. The molecule has 0 aliphatic heterocycles. The highest BCUT2D eigenvalue weighted by Crippen LogP contribution is 2.30. The van der Waals surface area contributed by atoms with Crippen LogP contribution >= 0.6 is 12.2 Å². The number of hydrogen-bond donors (Lipinski definition) is 0. The van der Waals surface area contributed by atoms with Crippen molar-refractivity contribution < 1.29 is 0 Å². The maximum atomic E-state index is 4.68. The molecule has 5 rings (SSSR count). The molecule has 3 aromatic carbocycles. The van der Waals surface area contributed by atoms with E-state index in [1.165, 1.54) is 65.5 Å². The summed E-state index contributed by atoms with van der Waals surface area (Å²) in [4.78, 5) is 4.03. The molecule has 2 aliphatic rings. The van der Waals surface area contributed by atoms with Gasteiger partial charge in [0.1, 0.15) is 0 Å². The molecule has 2 aliphatic carbocycles. The molecule has 0 aromatic heterocycles. The van der Waals surface area contributed by atoms with E-state index in [2.05, 4.69) is 94.9 Å². The molecule has 0 N–H and O–H groups in total. The predicted molar refractivity (Wildman–Crippen MR) is 142 cm³/mol. The molecule has 0 atom stereocenters. The largest absolute Gasteiger partial charge is 0.195 e. The Labute approximate surface area is 202 Å². The number of fused-ring (bicyclic) bond motifs is 1. The maximum Gasteiger partial charge on any atom is 0.0739 e. The summed E-state index contributed by atoms with van der Waals surface area (Å²) in [6.07, 6.45) is 11.1. The molecule has 0 unspecified atom stereocenters. The molecule has 0 amide bonds. The van der Waals surface area contributed by atoms with Gasteiger partial charge in [-0.1, -0.05) is 80.0 Å². The Morgan fingerprint density at radius 3 is 2.33 bits per heavy atom. The van der Waals surface area contributed by atoms with Crippen LogP contribution in [-0.4, -0.2) is 5.16 Å². The van der Waals surface area contributed by atoms with Crippen LogP contribution in [0.25, 0.3) is 17.2 Å². The van der Waals surface area contributed by atoms with Crippen molar-refractivity contribution in [3.05, 3.63) is 94.6 Å². The Hall–Kier alpha value is -3.24. The van der Waals surface area contributed by atoms with Crippen LogP contribution in [0.2, 0.25) is 0 Å². The molecule has 162 valence electrons. The average molecular weight is 446 g/mol. The van der Waals surface area contributed by atoms with Crippen molar-refractivity contribution in [2.45, 2.75) is 44.9 Å². The van der Waals surface area contributed by atoms with Crippen LogP contribution in [0.3, 0.4) is 0 Å². The van der Waals surface area contributed by atoms with Gasteiger partial charge < -0.3 is 0 Å². The smallest absolute Gasteiger partial charge is 0.0739 e. The topological polar surface area (TPSA) is 12.4 Å². The molecule has 0 heterocycles. The van der Waals surface area contributed by atoms with Crippen LogP contribution in [0.5, 0.6) is 0 Å². The number of isothiocyanates is 1. The first-order valence-electron chi connectivity index (χ1n) is 11.9. The van der Waals surface area contributed by atoms with Crippen molar-refractivity contribution in [3.63, 3.8) is 0 Å². The van der Waals surface area contributed by atoms with Gasteiger partial charge in [-0.25, -0.2) is 0 Å². The SMILES string of the molecule is S=C=Nc1ccc(-c2ccc3c(c2)CCC(C#Cc2ccc(CC4CCCC4)cc2)=C3)cc1. The van der Waals surface area contributed by atoms with E-state index in [9.17, 15) is 0 Å². The van der Waals surface area contributed by atoms with Gasteiger partial charge in [0, 0.05) is 11.1 Å². The van der Waals surface area contributed by atoms with Crippen molar-refractivity contribution in [1.82, 2.24) is 0 Å². The Kier molecular flexibility index (Phi) is 6.63. The molecular weight excluding hydrogens is 418 g/mol. The minimum atomic E-state index is 0.835. The monoisotopic (exact) mass is 445 g/mol. The van der Waals surface area contributed by atoms with Crippen LogP contribution in [0.1, 0.15) is 54.4 Å². The van der Waals surface area contributed by atoms with Crippen molar-refractivity contribution in [3.8, 4) is 23.0 Å². The van der Waals surface area contributed by atoms with Crippen molar-refractivity contribution in [2.24, 2.45) is 10.9 Å². The Bertz CT molecular complexity index is 1270. The quantitative estimate of drug-likeness (QED) is 0.224. The summed E-state index contributed by atoms with van der Waals surface area (Å²) < 4.78 is 0. The molecule has 0 radical (unpaired) electrons. The van der Waals surface area contributed by atoms with Gasteiger partial charge >= 0.3 is 0 Å². The third kappa shape index (κ3) is 5.40. The first-order chi connectivity index (χ1) is 16.3. The van der Waals surface area contributed by atoms with Crippen LogP contribution in [0, 0.1) is 17.8 Å². The highest BCUT2D eigenvalue weighted by Gasteiger charge is 2.15. The molecule has 0 bridgehead atoms. The minimum absolute atomic E-state index is 0.835. The molecule has 33 heavy (non-hydrogen) atoms. The molecule has 0 spiro atoms. The fourth-order valence-corrected chi connectivity index (χ4v) is 5.08. The second-order valence-corrected chi connectivity index (χ2v) is 9.32. The molecular formula is C31H27NS. The zero-order valence-electron chi connectivity index (χ0n) is 18.8. The van der Waals surface area contributed by atoms with Crippen molar-refractivity contribution >= 4 is 29.1 Å². The molecule has 1 saturated carbocycles. The lowest BCUT2D eigenvalue weighted by Gasteiger charge is -2.15. The van der Waals surface area contributed by atoms with E-state index in [-0.39, 0.29) is 0 Å². The summed E-state index contributed by atoms with van der Waals surface area (Å²) in [6.45, 7) is 0. The second-order valence-electron chi connectivity index (χ2n) is 9.13. The first-order valence-corrected chi connectivity index (χ1v) is 12.3. The average Bonchev–Trinajstić information content (AvgIpc) is 3.37. The Balaban J connectivity index is 1.28. The van der Waals surface area contributed by atoms with E-state index < -0.39 is 0 Å². The van der Waals surface area contributed by atoms with Crippen LogP contribution in [-0.2, 0) is 12.8 Å². The predicted octanol–water partition coefficient (Wildman–Crippen LogP) is 8.20. The number of nitrogens with zero attached hydrogens (tertiary/aromatic N) is 1. The molecule has 0 saturated heterocycles. The molecule has 3 aromatic rings. The van der Waals surface area contributed by atoms with E-state index in [1.54, 1.807) is 0 Å². The standard InChI is InChI=1S/C31H27NS/c33-22-32-31-17-15-27(16-18-31)29-14-13-28-20-26(11-12-30(28)21-29)10-7-23-5-8-25(9-6-23)19-24-3-1-2-4-24/h5-6,8-9,13-18,20-21,24H,1-4,11-12,19H2. The highest BCUT2D eigenvalue weighted by molar-refractivity contribution is 7.78. The lowest BCUT2D eigenvalue weighted by Crippen LogP contribution is -1.99. The minimum Gasteiger partial charge on any atom is -0.195 e. The summed E-state index contributed by atoms with van der Waals surface area (Å²) in [5.74, 6) is 7.69. The van der Waals surface area contributed by atoms with Gasteiger partial charge in [-0.3, -0.25) is 0 Å². The summed E-state index contributed by atoms with van der Waals surface area (Å²) in [5.41, 5.74) is 9.69. The number of aryl methyl sites for hydroxylation is 1. The third-order valence-corrected chi connectivity index (χ3v) is 6.92. The number of hydrogen-bond acceptors (Lipinski definition) is 2. The van der Waals surface area contributed by atoms with E-state index in [0.29, 0.717) is 0 Å². The van der Waals surface area contributed by atoms with E-state index in [1.807, 2.05) is 12.1 Å².